The van der Waals surface area contributed by atoms with Crippen molar-refractivity contribution in [3.8, 4) is 5.75 Å². The average molecular weight is 248 g/mol. The number of benzene rings is 1. The second-order valence-corrected chi connectivity index (χ2v) is 4.98. The highest BCUT2D eigenvalue weighted by atomic mass is 16.3. The number of aryl methyl sites for hydroxylation is 1. The van der Waals surface area contributed by atoms with E-state index < -0.39 is 0 Å². The van der Waals surface area contributed by atoms with Crippen molar-refractivity contribution in [1.29, 1.82) is 0 Å². The van der Waals surface area contributed by atoms with Crippen LogP contribution in [0.3, 0.4) is 0 Å². The number of amides is 1. The van der Waals surface area contributed by atoms with E-state index in [4.69, 9.17) is 0 Å². The molecule has 0 saturated carbocycles. The molecule has 0 radical (unpaired) electrons. The molecule has 98 valence electrons. The molecule has 1 aliphatic rings. The molecule has 2 rings (SSSR count). The third-order valence-electron chi connectivity index (χ3n) is 3.69. The fourth-order valence-electron chi connectivity index (χ4n) is 2.33. The lowest BCUT2D eigenvalue weighted by Gasteiger charge is -2.16. The highest BCUT2D eigenvalue weighted by Gasteiger charge is 2.22. The van der Waals surface area contributed by atoms with Crippen LogP contribution in [0.15, 0.2) is 6.07 Å². The monoisotopic (exact) mass is 248 g/mol. The van der Waals surface area contributed by atoms with Gasteiger partial charge in [-0.05, 0) is 62.9 Å². The molecule has 0 aromatic heterocycles. The van der Waals surface area contributed by atoms with Crippen molar-refractivity contribution in [1.82, 2.24) is 5.32 Å². The molecule has 0 bridgehead atoms. The molecular formula is C14H20N2O2. The maximum Gasteiger partial charge on any atom is 0.241 e. The number of phenolic OH excluding ortho intramolecular Hbond substituents is 1. The molecule has 1 atom stereocenters. The van der Waals surface area contributed by atoms with Gasteiger partial charge in [0.25, 0.3) is 0 Å². The first kappa shape index (κ1) is 12.9. The number of anilines is 1. The normalized spacial score (nSPS) is 18.9. The van der Waals surface area contributed by atoms with Crippen LogP contribution in [0.2, 0.25) is 0 Å². The molecular weight excluding hydrogens is 228 g/mol. The molecule has 3 N–H and O–H groups in total. The Morgan fingerprint density at radius 3 is 2.72 bits per heavy atom. The summed E-state index contributed by atoms with van der Waals surface area (Å²) in [5.74, 6) is 0.324. The molecule has 1 saturated heterocycles. The van der Waals surface area contributed by atoms with E-state index >= 15 is 0 Å². The summed E-state index contributed by atoms with van der Waals surface area (Å²) in [6.07, 6.45) is 1.94. The summed E-state index contributed by atoms with van der Waals surface area (Å²) in [6, 6.07) is 1.74. The highest BCUT2D eigenvalue weighted by Crippen LogP contribution is 2.30. The number of hydrogen-bond acceptors (Lipinski definition) is 3. The number of rotatable bonds is 2. The van der Waals surface area contributed by atoms with Gasteiger partial charge in [-0.25, -0.2) is 0 Å². The van der Waals surface area contributed by atoms with Gasteiger partial charge in [0.2, 0.25) is 5.91 Å². The van der Waals surface area contributed by atoms with Crippen molar-refractivity contribution in [2.45, 2.75) is 39.7 Å². The van der Waals surface area contributed by atoms with Crippen LogP contribution < -0.4 is 10.6 Å². The highest BCUT2D eigenvalue weighted by molar-refractivity contribution is 5.96. The minimum atomic E-state index is -0.0844. The van der Waals surface area contributed by atoms with Crippen LogP contribution in [0.1, 0.15) is 29.5 Å². The summed E-state index contributed by atoms with van der Waals surface area (Å²) in [4.78, 5) is 12.0. The predicted molar refractivity (Wildman–Crippen MR) is 72.0 cm³/mol. The Labute approximate surface area is 107 Å². The van der Waals surface area contributed by atoms with Crippen LogP contribution in [-0.4, -0.2) is 23.6 Å². The zero-order valence-electron chi connectivity index (χ0n) is 11.1. The molecule has 1 aromatic carbocycles. The lowest BCUT2D eigenvalue weighted by molar-refractivity contribution is -0.117. The van der Waals surface area contributed by atoms with Crippen molar-refractivity contribution in [2.75, 3.05) is 11.9 Å². The van der Waals surface area contributed by atoms with Gasteiger partial charge in [-0.1, -0.05) is 0 Å². The van der Waals surface area contributed by atoms with E-state index in [1.54, 1.807) is 0 Å². The minimum Gasteiger partial charge on any atom is -0.507 e. The Balaban J connectivity index is 2.21. The summed E-state index contributed by atoms with van der Waals surface area (Å²) in [7, 11) is 0. The summed E-state index contributed by atoms with van der Waals surface area (Å²) in [6.45, 7) is 6.52. The second-order valence-electron chi connectivity index (χ2n) is 4.98. The number of carbonyl (C=O) groups is 1. The molecule has 18 heavy (non-hydrogen) atoms. The molecule has 1 fully saturated rings. The number of aromatic hydroxyl groups is 1. The maximum absolute atomic E-state index is 12.0. The van der Waals surface area contributed by atoms with Crippen molar-refractivity contribution in [3.05, 3.63) is 22.8 Å². The van der Waals surface area contributed by atoms with E-state index in [-0.39, 0.29) is 11.9 Å². The zero-order chi connectivity index (χ0) is 13.3. The first-order chi connectivity index (χ1) is 8.50. The van der Waals surface area contributed by atoms with Crippen LogP contribution in [-0.2, 0) is 4.79 Å². The van der Waals surface area contributed by atoms with Crippen LogP contribution in [0.25, 0.3) is 0 Å². The van der Waals surface area contributed by atoms with E-state index in [1.807, 2.05) is 26.8 Å². The molecule has 4 nitrogen and oxygen atoms in total. The van der Waals surface area contributed by atoms with E-state index in [9.17, 15) is 9.90 Å². The van der Waals surface area contributed by atoms with Gasteiger partial charge in [0.1, 0.15) is 5.75 Å². The molecule has 1 aliphatic heterocycles. The smallest absolute Gasteiger partial charge is 0.241 e. The predicted octanol–water partition coefficient (Wildman–Crippen LogP) is 2.01. The van der Waals surface area contributed by atoms with Crippen LogP contribution in [0.5, 0.6) is 5.75 Å². The van der Waals surface area contributed by atoms with Crippen LogP contribution in [0, 0.1) is 20.8 Å². The molecule has 0 spiro atoms. The number of hydrogen-bond donors (Lipinski definition) is 3. The van der Waals surface area contributed by atoms with Gasteiger partial charge < -0.3 is 15.7 Å². The standard InChI is InChI=1S/C14H20N2O2/c1-8-7-12(9(2)10(3)13(8)17)16-14(18)11-5-4-6-15-11/h7,11,15,17H,4-6H2,1-3H3,(H,16,18)/t11-/m0/s1. The molecule has 0 unspecified atom stereocenters. The van der Waals surface area contributed by atoms with Gasteiger partial charge in [-0.2, -0.15) is 0 Å². The lowest BCUT2D eigenvalue weighted by Crippen LogP contribution is -2.35. The van der Waals surface area contributed by atoms with Crippen molar-refractivity contribution in [3.63, 3.8) is 0 Å². The van der Waals surface area contributed by atoms with Crippen molar-refractivity contribution < 1.29 is 9.90 Å². The summed E-state index contributed by atoms with van der Waals surface area (Å²) in [5, 5.41) is 16.0. The topological polar surface area (TPSA) is 61.4 Å². The van der Waals surface area contributed by atoms with Crippen LogP contribution in [0.4, 0.5) is 5.69 Å². The lowest BCUT2D eigenvalue weighted by atomic mass is 10.0. The molecule has 1 heterocycles. The van der Waals surface area contributed by atoms with Crippen molar-refractivity contribution >= 4 is 11.6 Å². The van der Waals surface area contributed by atoms with E-state index in [1.165, 1.54) is 0 Å². The third kappa shape index (κ3) is 2.34. The van der Waals surface area contributed by atoms with E-state index in [2.05, 4.69) is 10.6 Å². The Morgan fingerprint density at radius 1 is 1.39 bits per heavy atom. The fraction of sp³-hybridized carbons (Fsp3) is 0.500. The van der Waals surface area contributed by atoms with Gasteiger partial charge in [0.15, 0.2) is 0 Å². The van der Waals surface area contributed by atoms with Crippen molar-refractivity contribution in [2.24, 2.45) is 0 Å². The first-order valence-electron chi connectivity index (χ1n) is 6.34. The first-order valence-corrected chi connectivity index (χ1v) is 6.34. The largest absolute Gasteiger partial charge is 0.507 e. The zero-order valence-corrected chi connectivity index (χ0v) is 11.1. The SMILES string of the molecule is Cc1cc(NC(=O)[C@@H]2CCCN2)c(C)c(C)c1O. The van der Waals surface area contributed by atoms with E-state index in [0.29, 0.717) is 5.75 Å². The number of carbonyl (C=O) groups excluding carboxylic acids is 1. The van der Waals surface area contributed by atoms with Gasteiger partial charge in [0, 0.05) is 5.69 Å². The third-order valence-corrected chi connectivity index (χ3v) is 3.69. The summed E-state index contributed by atoms with van der Waals surface area (Å²) in [5.41, 5.74) is 3.32. The quantitative estimate of drug-likeness (QED) is 0.702. The van der Waals surface area contributed by atoms with Gasteiger partial charge in [-0.3, -0.25) is 4.79 Å². The molecule has 0 aliphatic carbocycles. The minimum absolute atomic E-state index is 0.0140. The number of nitrogens with one attached hydrogen (secondary N) is 2. The molecule has 1 aromatic rings. The Hall–Kier alpha value is -1.55. The molecule has 4 heteroatoms. The maximum atomic E-state index is 12.0. The Bertz CT molecular complexity index is 477. The number of phenols is 1. The van der Waals surface area contributed by atoms with Gasteiger partial charge in [-0.15, -0.1) is 0 Å². The average Bonchev–Trinajstić information content (AvgIpc) is 2.87. The van der Waals surface area contributed by atoms with Gasteiger partial charge in [0.05, 0.1) is 6.04 Å². The Kier molecular flexibility index (Phi) is 3.57. The van der Waals surface area contributed by atoms with Crippen LogP contribution >= 0.6 is 0 Å². The fourth-order valence-corrected chi connectivity index (χ4v) is 2.33. The summed E-state index contributed by atoms with van der Waals surface area (Å²) < 4.78 is 0. The van der Waals surface area contributed by atoms with Gasteiger partial charge >= 0.3 is 0 Å². The second kappa shape index (κ2) is 4.98. The molecule has 1 amide bonds. The Morgan fingerprint density at radius 2 is 2.11 bits per heavy atom. The van der Waals surface area contributed by atoms with E-state index in [0.717, 1.165) is 41.8 Å². The summed E-state index contributed by atoms with van der Waals surface area (Å²) >= 11 is 0.